The number of hydrogen-bond acceptors (Lipinski definition) is 3. The number of likely N-dealkylation sites (tertiary alicyclic amines) is 1. The second-order valence-corrected chi connectivity index (χ2v) is 4.35. The Labute approximate surface area is 93.8 Å². The van der Waals surface area contributed by atoms with Crippen molar-refractivity contribution in [3.8, 4) is 0 Å². The van der Waals surface area contributed by atoms with E-state index in [4.69, 9.17) is 9.84 Å². The standard InChI is InChI=1S/C10H16N2O4/c1-7-4-11(2-3-16-7)9(13)8-5-12(6-8)10(14)15/h7-8H,2-6H2,1H3,(H,14,15). The van der Waals surface area contributed by atoms with E-state index in [1.54, 1.807) is 4.90 Å². The average Bonchev–Trinajstić information content (AvgIpc) is 2.14. The zero-order valence-corrected chi connectivity index (χ0v) is 9.26. The van der Waals surface area contributed by atoms with Crippen molar-refractivity contribution < 1.29 is 19.4 Å². The number of rotatable bonds is 1. The lowest BCUT2D eigenvalue weighted by Crippen LogP contribution is -2.58. The molecular weight excluding hydrogens is 212 g/mol. The first-order valence-corrected chi connectivity index (χ1v) is 5.46. The molecule has 0 radical (unpaired) electrons. The van der Waals surface area contributed by atoms with E-state index in [1.165, 1.54) is 4.90 Å². The summed E-state index contributed by atoms with van der Waals surface area (Å²) < 4.78 is 5.35. The summed E-state index contributed by atoms with van der Waals surface area (Å²) in [6, 6.07) is 0. The quantitative estimate of drug-likeness (QED) is 0.677. The molecular formula is C10H16N2O4. The molecule has 16 heavy (non-hydrogen) atoms. The fourth-order valence-corrected chi connectivity index (χ4v) is 2.07. The summed E-state index contributed by atoms with van der Waals surface area (Å²) in [6.07, 6.45) is -0.868. The first-order valence-electron chi connectivity index (χ1n) is 5.46. The predicted molar refractivity (Wildman–Crippen MR) is 55.1 cm³/mol. The molecule has 0 spiro atoms. The molecule has 0 aromatic carbocycles. The lowest BCUT2D eigenvalue weighted by molar-refractivity contribution is -0.146. The molecule has 0 bridgehead atoms. The van der Waals surface area contributed by atoms with Gasteiger partial charge in [0, 0.05) is 26.2 Å². The predicted octanol–water partition coefficient (Wildman–Crippen LogP) is -0.156. The van der Waals surface area contributed by atoms with E-state index >= 15 is 0 Å². The zero-order valence-electron chi connectivity index (χ0n) is 9.26. The highest BCUT2D eigenvalue weighted by Crippen LogP contribution is 2.19. The van der Waals surface area contributed by atoms with Gasteiger partial charge in [0.2, 0.25) is 5.91 Å². The molecule has 0 aromatic heterocycles. The van der Waals surface area contributed by atoms with Crippen LogP contribution in [0, 0.1) is 5.92 Å². The maximum absolute atomic E-state index is 11.9. The van der Waals surface area contributed by atoms with E-state index < -0.39 is 6.09 Å². The maximum atomic E-state index is 11.9. The van der Waals surface area contributed by atoms with Crippen molar-refractivity contribution >= 4 is 12.0 Å². The molecule has 2 aliphatic heterocycles. The second-order valence-electron chi connectivity index (χ2n) is 4.35. The van der Waals surface area contributed by atoms with Gasteiger partial charge >= 0.3 is 6.09 Å². The number of carbonyl (C=O) groups is 2. The third kappa shape index (κ3) is 2.11. The normalized spacial score (nSPS) is 26.4. The second kappa shape index (κ2) is 4.29. The van der Waals surface area contributed by atoms with Crippen LogP contribution in [0.15, 0.2) is 0 Å². The fraction of sp³-hybridized carbons (Fsp3) is 0.800. The molecule has 2 aliphatic rings. The van der Waals surface area contributed by atoms with Gasteiger partial charge in [-0.3, -0.25) is 4.79 Å². The van der Waals surface area contributed by atoms with Crippen molar-refractivity contribution in [3.05, 3.63) is 0 Å². The minimum Gasteiger partial charge on any atom is -0.465 e. The zero-order chi connectivity index (χ0) is 11.7. The van der Waals surface area contributed by atoms with Crippen LogP contribution >= 0.6 is 0 Å². The first-order chi connectivity index (χ1) is 7.58. The van der Waals surface area contributed by atoms with E-state index in [0.717, 1.165) is 0 Å². The van der Waals surface area contributed by atoms with Crippen LogP contribution in [0.25, 0.3) is 0 Å². The molecule has 6 nitrogen and oxygen atoms in total. The molecule has 2 amide bonds. The number of nitrogens with zero attached hydrogens (tertiary/aromatic N) is 2. The highest BCUT2D eigenvalue weighted by Gasteiger charge is 2.38. The topological polar surface area (TPSA) is 70.1 Å². The third-order valence-electron chi connectivity index (χ3n) is 3.05. The molecule has 0 saturated carbocycles. The average molecular weight is 228 g/mol. The van der Waals surface area contributed by atoms with Gasteiger partial charge in [-0.25, -0.2) is 4.79 Å². The molecule has 1 unspecified atom stereocenters. The van der Waals surface area contributed by atoms with Crippen LogP contribution in [0.5, 0.6) is 0 Å². The SMILES string of the molecule is CC1CN(C(=O)C2CN(C(=O)O)C2)CCO1. The van der Waals surface area contributed by atoms with E-state index in [1.807, 2.05) is 6.92 Å². The Morgan fingerprint density at radius 3 is 2.50 bits per heavy atom. The molecule has 0 aliphatic carbocycles. The molecule has 1 N–H and O–H groups in total. The largest absolute Gasteiger partial charge is 0.465 e. The van der Waals surface area contributed by atoms with Crippen molar-refractivity contribution in [1.29, 1.82) is 0 Å². The van der Waals surface area contributed by atoms with Gasteiger partial charge in [0.05, 0.1) is 18.6 Å². The number of carbonyl (C=O) groups excluding carboxylic acids is 1. The van der Waals surface area contributed by atoms with Crippen molar-refractivity contribution in [2.24, 2.45) is 5.92 Å². The van der Waals surface area contributed by atoms with Gasteiger partial charge in [0.15, 0.2) is 0 Å². The van der Waals surface area contributed by atoms with Gasteiger partial charge < -0.3 is 19.6 Å². The Morgan fingerprint density at radius 1 is 1.25 bits per heavy atom. The van der Waals surface area contributed by atoms with Crippen molar-refractivity contribution in [1.82, 2.24) is 9.80 Å². The van der Waals surface area contributed by atoms with Crippen LogP contribution < -0.4 is 0 Å². The van der Waals surface area contributed by atoms with Crippen molar-refractivity contribution in [2.45, 2.75) is 13.0 Å². The van der Waals surface area contributed by atoms with E-state index in [9.17, 15) is 9.59 Å². The lowest BCUT2D eigenvalue weighted by Gasteiger charge is -2.40. The molecule has 2 heterocycles. The molecule has 6 heteroatoms. The minimum atomic E-state index is -0.945. The first kappa shape index (κ1) is 11.2. The number of hydrogen-bond donors (Lipinski definition) is 1. The summed E-state index contributed by atoms with van der Waals surface area (Å²) in [7, 11) is 0. The summed E-state index contributed by atoms with van der Waals surface area (Å²) in [5, 5.41) is 8.67. The fourth-order valence-electron chi connectivity index (χ4n) is 2.07. The van der Waals surface area contributed by atoms with Crippen LogP contribution in [-0.4, -0.2) is 65.8 Å². The third-order valence-corrected chi connectivity index (χ3v) is 3.05. The Hall–Kier alpha value is -1.30. The summed E-state index contributed by atoms with van der Waals surface area (Å²) in [5.74, 6) is -0.0888. The number of carboxylic acid groups (broad SMARTS) is 1. The van der Waals surface area contributed by atoms with Crippen LogP contribution in [0.1, 0.15) is 6.92 Å². The van der Waals surface area contributed by atoms with Gasteiger partial charge in [0.25, 0.3) is 0 Å². The molecule has 2 saturated heterocycles. The number of morpholine rings is 1. The number of amides is 2. The molecule has 2 rings (SSSR count). The summed E-state index contributed by atoms with van der Waals surface area (Å²) in [4.78, 5) is 25.5. The van der Waals surface area contributed by atoms with Gasteiger partial charge in [0.1, 0.15) is 0 Å². The van der Waals surface area contributed by atoms with E-state index in [-0.39, 0.29) is 17.9 Å². The summed E-state index contributed by atoms with van der Waals surface area (Å²) in [5.41, 5.74) is 0. The van der Waals surface area contributed by atoms with E-state index in [2.05, 4.69) is 0 Å². The van der Waals surface area contributed by atoms with Crippen LogP contribution in [-0.2, 0) is 9.53 Å². The Bertz CT molecular complexity index is 301. The van der Waals surface area contributed by atoms with Crippen molar-refractivity contribution in [2.75, 3.05) is 32.8 Å². The minimum absolute atomic E-state index is 0.0626. The monoisotopic (exact) mass is 228 g/mol. The summed E-state index contributed by atoms with van der Waals surface area (Å²) in [6.45, 7) is 4.40. The van der Waals surface area contributed by atoms with Crippen LogP contribution in [0.2, 0.25) is 0 Å². The van der Waals surface area contributed by atoms with Gasteiger partial charge in [-0.15, -0.1) is 0 Å². The molecule has 2 fully saturated rings. The highest BCUT2D eigenvalue weighted by atomic mass is 16.5. The lowest BCUT2D eigenvalue weighted by atomic mass is 9.99. The maximum Gasteiger partial charge on any atom is 0.407 e. The Kier molecular flexibility index (Phi) is 3.00. The smallest absolute Gasteiger partial charge is 0.407 e. The molecule has 90 valence electrons. The number of ether oxygens (including phenoxy) is 1. The molecule has 1 atom stereocenters. The molecule has 0 aromatic rings. The summed E-state index contributed by atoms with van der Waals surface area (Å²) >= 11 is 0. The van der Waals surface area contributed by atoms with Gasteiger partial charge in [-0.05, 0) is 6.92 Å². The van der Waals surface area contributed by atoms with Crippen molar-refractivity contribution in [3.63, 3.8) is 0 Å². The Balaban J connectivity index is 1.82. The van der Waals surface area contributed by atoms with Gasteiger partial charge in [-0.2, -0.15) is 0 Å². The highest BCUT2D eigenvalue weighted by molar-refractivity contribution is 5.82. The van der Waals surface area contributed by atoms with E-state index in [0.29, 0.717) is 32.8 Å². The van der Waals surface area contributed by atoms with Crippen LogP contribution in [0.3, 0.4) is 0 Å². The van der Waals surface area contributed by atoms with Gasteiger partial charge in [-0.1, -0.05) is 0 Å². The Morgan fingerprint density at radius 2 is 1.94 bits per heavy atom. The van der Waals surface area contributed by atoms with Crippen LogP contribution in [0.4, 0.5) is 4.79 Å².